The van der Waals surface area contributed by atoms with Crippen molar-refractivity contribution in [2.24, 2.45) is 0 Å². The van der Waals surface area contributed by atoms with Crippen LogP contribution in [0.4, 0.5) is 0 Å². The number of halogens is 1. The number of hydrogen-bond donors (Lipinski definition) is 1. The van der Waals surface area contributed by atoms with Gasteiger partial charge in [0.15, 0.2) is 0 Å². The molecule has 8 nitrogen and oxygen atoms in total. The van der Waals surface area contributed by atoms with E-state index in [-0.39, 0.29) is 28.8 Å². The van der Waals surface area contributed by atoms with Crippen molar-refractivity contribution in [2.45, 2.75) is 11.3 Å². The minimum Gasteiger partial charge on any atom is -0.495 e. The molecule has 3 aromatic rings. The van der Waals surface area contributed by atoms with Crippen molar-refractivity contribution >= 4 is 21.6 Å². The number of nitrogens with one attached hydrogen (secondary N) is 1. The summed E-state index contributed by atoms with van der Waals surface area (Å²) in [5, 5.41) is 8.01. The van der Waals surface area contributed by atoms with E-state index in [0.717, 1.165) is 0 Å². The Kier molecular flexibility index (Phi) is 5.50. The maximum absolute atomic E-state index is 12.3. The Balaban J connectivity index is 1.62. The van der Waals surface area contributed by atoms with E-state index in [1.54, 1.807) is 24.4 Å². The Labute approximate surface area is 155 Å². The summed E-state index contributed by atoms with van der Waals surface area (Å²) >= 11 is 5.97. The van der Waals surface area contributed by atoms with Gasteiger partial charge in [0.25, 0.3) is 5.89 Å². The molecule has 2 heterocycles. The largest absolute Gasteiger partial charge is 0.495 e. The molecule has 26 heavy (non-hydrogen) atoms. The van der Waals surface area contributed by atoms with Crippen molar-refractivity contribution in [3.05, 3.63) is 53.5 Å². The molecule has 0 spiro atoms. The van der Waals surface area contributed by atoms with E-state index in [1.807, 2.05) is 0 Å². The SMILES string of the molecule is COc1ccc(S(=O)(=O)NCCc2nnc(-c3ccccn3)o2)cc1Cl. The maximum atomic E-state index is 12.3. The van der Waals surface area contributed by atoms with Crippen LogP contribution in [0.2, 0.25) is 5.02 Å². The van der Waals surface area contributed by atoms with Crippen LogP contribution in [0.15, 0.2) is 51.9 Å². The Hall–Kier alpha value is -2.49. The van der Waals surface area contributed by atoms with Gasteiger partial charge in [-0.15, -0.1) is 10.2 Å². The molecule has 0 amide bonds. The van der Waals surface area contributed by atoms with Gasteiger partial charge < -0.3 is 9.15 Å². The Morgan fingerprint density at radius 2 is 2.08 bits per heavy atom. The summed E-state index contributed by atoms with van der Waals surface area (Å²) in [7, 11) is -2.26. The Bertz CT molecular complexity index is 992. The zero-order chi connectivity index (χ0) is 18.6. The highest BCUT2D eigenvalue weighted by Crippen LogP contribution is 2.26. The van der Waals surface area contributed by atoms with Crippen LogP contribution in [-0.4, -0.2) is 37.3 Å². The molecule has 10 heteroatoms. The van der Waals surface area contributed by atoms with Crippen LogP contribution in [0.1, 0.15) is 5.89 Å². The van der Waals surface area contributed by atoms with Gasteiger partial charge in [-0.1, -0.05) is 17.7 Å². The molecule has 0 aliphatic carbocycles. The number of sulfonamides is 1. The number of ether oxygens (including phenoxy) is 1. The van der Waals surface area contributed by atoms with E-state index in [1.165, 1.54) is 25.3 Å². The monoisotopic (exact) mass is 394 g/mol. The lowest BCUT2D eigenvalue weighted by atomic mass is 10.3. The molecule has 0 atom stereocenters. The summed E-state index contributed by atoms with van der Waals surface area (Å²) in [6.07, 6.45) is 1.86. The van der Waals surface area contributed by atoms with Gasteiger partial charge in [0.1, 0.15) is 11.4 Å². The Morgan fingerprint density at radius 3 is 2.77 bits per heavy atom. The third kappa shape index (κ3) is 4.18. The van der Waals surface area contributed by atoms with Crippen LogP contribution in [-0.2, 0) is 16.4 Å². The predicted octanol–water partition coefficient (Wildman–Crippen LogP) is 2.31. The average Bonchev–Trinajstić information content (AvgIpc) is 3.11. The zero-order valence-corrected chi connectivity index (χ0v) is 15.3. The van der Waals surface area contributed by atoms with Gasteiger partial charge in [0.2, 0.25) is 15.9 Å². The topological polar surface area (TPSA) is 107 Å². The van der Waals surface area contributed by atoms with E-state index in [9.17, 15) is 8.42 Å². The van der Waals surface area contributed by atoms with Gasteiger partial charge in [-0.3, -0.25) is 4.98 Å². The highest BCUT2D eigenvalue weighted by atomic mass is 35.5. The first-order valence-electron chi connectivity index (χ1n) is 7.56. The van der Waals surface area contributed by atoms with Gasteiger partial charge >= 0.3 is 0 Å². The molecular formula is C16H15ClN4O4S. The third-order valence-corrected chi connectivity index (χ3v) is 5.17. The standard InChI is InChI=1S/C16H15ClN4O4S/c1-24-14-6-5-11(10-12(14)17)26(22,23)19-9-7-15-20-21-16(25-15)13-4-2-3-8-18-13/h2-6,8,10,19H,7,9H2,1H3. The second-order valence-corrected chi connectivity index (χ2v) is 7.33. The number of nitrogens with zero attached hydrogens (tertiary/aromatic N) is 3. The lowest BCUT2D eigenvalue weighted by Crippen LogP contribution is -2.26. The van der Waals surface area contributed by atoms with Gasteiger partial charge in [-0.05, 0) is 30.3 Å². The highest BCUT2D eigenvalue weighted by Gasteiger charge is 2.16. The summed E-state index contributed by atoms with van der Waals surface area (Å²) < 4.78 is 37.6. The zero-order valence-electron chi connectivity index (χ0n) is 13.7. The lowest BCUT2D eigenvalue weighted by Gasteiger charge is -2.08. The molecule has 3 rings (SSSR count). The summed E-state index contributed by atoms with van der Waals surface area (Å²) in [6.45, 7) is 0.0931. The normalized spacial score (nSPS) is 11.5. The summed E-state index contributed by atoms with van der Waals surface area (Å²) in [6, 6.07) is 9.57. The molecule has 0 fully saturated rings. The molecule has 0 saturated heterocycles. The molecule has 1 N–H and O–H groups in total. The number of rotatable bonds is 7. The van der Waals surface area contributed by atoms with E-state index in [4.69, 9.17) is 20.8 Å². The molecule has 2 aromatic heterocycles. The lowest BCUT2D eigenvalue weighted by molar-refractivity contribution is 0.414. The molecule has 0 radical (unpaired) electrons. The second kappa shape index (κ2) is 7.81. The summed E-state index contributed by atoms with van der Waals surface area (Å²) in [5.41, 5.74) is 0.555. The molecule has 0 unspecified atom stereocenters. The van der Waals surface area contributed by atoms with E-state index in [2.05, 4.69) is 19.9 Å². The van der Waals surface area contributed by atoms with Gasteiger partial charge in [-0.25, -0.2) is 13.1 Å². The van der Waals surface area contributed by atoms with Crippen LogP contribution in [0.25, 0.3) is 11.6 Å². The van der Waals surface area contributed by atoms with Crippen LogP contribution in [0.5, 0.6) is 5.75 Å². The van der Waals surface area contributed by atoms with Crippen LogP contribution in [0, 0.1) is 0 Å². The number of hydrogen-bond acceptors (Lipinski definition) is 7. The van der Waals surface area contributed by atoms with Crippen LogP contribution >= 0.6 is 11.6 Å². The third-order valence-electron chi connectivity index (χ3n) is 3.42. The fraction of sp³-hybridized carbons (Fsp3) is 0.188. The van der Waals surface area contributed by atoms with E-state index < -0.39 is 10.0 Å². The quantitative estimate of drug-likeness (QED) is 0.655. The van der Waals surface area contributed by atoms with Crippen LogP contribution in [0.3, 0.4) is 0 Å². The molecule has 0 aliphatic rings. The smallest absolute Gasteiger partial charge is 0.266 e. The predicted molar refractivity (Wildman–Crippen MR) is 94.4 cm³/mol. The minimum absolute atomic E-state index is 0.0444. The minimum atomic E-state index is -3.72. The van der Waals surface area contributed by atoms with Crippen molar-refractivity contribution in [2.75, 3.05) is 13.7 Å². The number of aromatic nitrogens is 3. The number of methoxy groups -OCH3 is 1. The fourth-order valence-corrected chi connectivity index (χ4v) is 3.52. The second-order valence-electron chi connectivity index (χ2n) is 5.16. The molecular weight excluding hydrogens is 380 g/mol. The van der Waals surface area contributed by atoms with E-state index in [0.29, 0.717) is 17.3 Å². The van der Waals surface area contributed by atoms with Crippen molar-refractivity contribution in [1.29, 1.82) is 0 Å². The molecule has 0 saturated carbocycles. The van der Waals surface area contributed by atoms with Gasteiger partial charge in [0.05, 0.1) is 17.0 Å². The van der Waals surface area contributed by atoms with Gasteiger partial charge in [-0.2, -0.15) is 0 Å². The fourth-order valence-electron chi connectivity index (χ4n) is 2.14. The molecule has 1 aromatic carbocycles. The van der Waals surface area contributed by atoms with Crippen molar-refractivity contribution < 1.29 is 17.6 Å². The molecule has 0 aliphatic heterocycles. The number of benzene rings is 1. The van der Waals surface area contributed by atoms with Crippen molar-refractivity contribution in [1.82, 2.24) is 19.9 Å². The first kappa shape index (κ1) is 18.3. The highest BCUT2D eigenvalue weighted by molar-refractivity contribution is 7.89. The maximum Gasteiger partial charge on any atom is 0.266 e. The van der Waals surface area contributed by atoms with Gasteiger partial charge in [0, 0.05) is 19.2 Å². The first-order chi connectivity index (χ1) is 12.5. The first-order valence-corrected chi connectivity index (χ1v) is 9.43. The average molecular weight is 395 g/mol. The molecule has 0 bridgehead atoms. The molecule has 136 valence electrons. The van der Waals surface area contributed by atoms with Crippen molar-refractivity contribution in [3.63, 3.8) is 0 Å². The van der Waals surface area contributed by atoms with Crippen LogP contribution < -0.4 is 9.46 Å². The van der Waals surface area contributed by atoms with E-state index >= 15 is 0 Å². The number of pyridine rings is 1. The summed E-state index contributed by atoms with van der Waals surface area (Å²) in [4.78, 5) is 4.16. The summed E-state index contributed by atoms with van der Waals surface area (Å²) in [5.74, 6) is 0.991. The van der Waals surface area contributed by atoms with Crippen molar-refractivity contribution in [3.8, 4) is 17.3 Å². The Morgan fingerprint density at radius 1 is 1.23 bits per heavy atom.